The molecule has 1 aliphatic carbocycles. The second-order valence-electron chi connectivity index (χ2n) is 8.47. The monoisotopic (exact) mass is 400 g/mol. The average Bonchev–Trinajstić information content (AvgIpc) is 2.72. The summed E-state index contributed by atoms with van der Waals surface area (Å²) in [4.78, 5) is 29.2. The van der Waals surface area contributed by atoms with Crippen molar-refractivity contribution in [3.05, 3.63) is 30.3 Å². The van der Waals surface area contributed by atoms with E-state index >= 15 is 0 Å². The molecule has 5 nitrogen and oxygen atoms in total. The van der Waals surface area contributed by atoms with E-state index in [1.54, 1.807) is 11.8 Å². The molecule has 0 N–H and O–H groups in total. The minimum absolute atomic E-state index is 0.0443. The van der Waals surface area contributed by atoms with Gasteiger partial charge in [0, 0.05) is 31.4 Å². The van der Waals surface area contributed by atoms with E-state index in [1.807, 2.05) is 30.3 Å². The van der Waals surface area contributed by atoms with Crippen molar-refractivity contribution in [1.29, 1.82) is 0 Å². The maximum atomic E-state index is 12.8. The van der Waals surface area contributed by atoms with Crippen molar-refractivity contribution in [3.63, 3.8) is 0 Å². The van der Waals surface area contributed by atoms with Crippen LogP contribution in [-0.2, 0) is 14.3 Å². The Morgan fingerprint density at radius 2 is 1.59 bits per heavy atom. The Morgan fingerprint density at radius 3 is 2.21 bits per heavy atom. The Bertz CT molecular complexity index is 633. The van der Waals surface area contributed by atoms with Gasteiger partial charge in [-0.25, -0.2) is 4.79 Å². The summed E-state index contributed by atoms with van der Waals surface area (Å²) in [5.41, 5.74) is 0.782. The van der Waals surface area contributed by atoms with E-state index in [-0.39, 0.29) is 12.6 Å². The SMILES string of the molecule is CCOC(=O)C(=O)N(c1ccccc1)C1CCN(CC2CCCCCCC2)CC1. The third-order valence-corrected chi connectivity index (χ3v) is 6.37. The fraction of sp³-hybridized carbons (Fsp3) is 0.667. The van der Waals surface area contributed by atoms with Crippen molar-refractivity contribution in [2.24, 2.45) is 5.92 Å². The van der Waals surface area contributed by atoms with Gasteiger partial charge in [0.05, 0.1) is 6.61 Å². The molecule has 0 unspecified atom stereocenters. The van der Waals surface area contributed by atoms with Gasteiger partial charge in [0.25, 0.3) is 0 Å². The molecule has 0 spiro atoms. The zero-order valence-corrected chi connectivity index (χ0v) is 17.9. The van der Waals surface area contributed by atoms with Gasteiger partial charge in [-0.15, -0.1) is 0 Å². The first-order chi connectivity index (χ1) is 14.2. The molecule has 2 fully saturated rings. The van der Waals surface area contributed by atoms with Crippen LogP contribution in [0.3, 0.4) is 0 Å². The normalized spacial score (nSPS) is 19.9. The molecular weight excluding hydrogens is 364 g/mol. The standard InChI is InChI=1S/C24H36N2O3/c1-2-29-24(28)23(27)26(21-13-9-6-10-14-21)22-15-17-25(18-16-22)19-20-11-7-4-3-5-8-12-20/h6,9-10,13-14,20,22H,2-5,7-8,11-12,15-19H2,1H3. The van der Waals surface area contributed by atoms with Crippen LogP contribution in [0.5, 0.6) is 0 Å². The van der Waals surface area contributed by atoms with E-state index in [4.69, 9.17) is 4.74 Å². The van der Waals surface area contributed by atoms with E-state index in [0.717, 1.165) is 37.5 Å². The lowest BCUT2D eigenvalue weighted by atomic mass is 9.90. The Kier molecular flexibility index (Phi) is 8.53. The fourth-order valence-corrected chi connectivity index (χ4v) is 4.82. The van der Waals surface area contributed by atoms with Crippen molar-refractivity contribution in [2.45, 2.75) is 70.8 Å². The van der Waals surface area contributed by atoms with Crippen LogP contribution in [0.15, 0.2) is 30.3 Å². The molecule has 29 heavy (non-hydrogen) atoms. The molecule has 0 atom stereocenters. The number of para-hydroxylation sites is 1. The minimum Gasteiger partial charge on any atom is -0.459 e. The molecular formula is C24H36N2O3. The number of carbonyl (C=O) groups excluding carboxylic acids is 2. The second-order valence-corrected chi connectivity index (χ2v) is 8.47. The van der Waals surface area contributed by atoms with Crippen molar-refractivity contribution in [3.8, 4) is 0 Å². The summed E-state index contributed by atoms with van der Waals surface area (Å²) in [6.07, 6.45) is 11.4. The highest BCUT2D eigenvalue weighted by Gasteiger charge is 2.33. The second kappa shape index (κ2) is 11.3. The van der Waals surface area contributed by atoms with E-state index in [0.29, 0.717) is 0 Å². The van der Waals surface area contributed by atoms with Crippen molar-refractivity contribution >= 4 is 17.6 Å². The summed E-state index contributed by atoms with van der Waals surface area (Å²) in [7, 11) is 0. The number of esters is 1. The van der Waals surface area contributed by atoms with Crippen LogP contribution < -0.4 is 4.90 Å². The maximum Gasteiger partial charge on any atom is 0.397 e. The van der Waals surface area contributed by atoms with Crippen LogP contribution in [0, 0.1) is 5.92 Å². The van der Waals surface area contributed by atoms with Gasteiger partial charge in [0.2, 0.25) is 0 Å². The smallest absolute Gasteiger partial charge is 0.397 e. The van der Waals surface area contributed by atoms with Gasteiger partial charge in [-0.1, -0.05) is 50.3 Å². The quantitative estimate of drug-likeness (QED) is 0.543. The molecule has 1 amide bonds. The molecule has 1 heterocycles. The van der Waals surface area contributed by atoms with Gasteiger partial charge >= 0.3 is 11.9 Å². The van der Waals surface area contributed by atoms with Gasteiger partial charge in [0.15, 0.2) is 0 Å². The zero-order valence-electron chi connectivity index (χ0n) is 17.9. The summed E-state index contributed by atoms with van der Waals surface area (Å²) < 4.78 is 5.00. The highest BCUT2D eigenvalue weighted by molar-refractivity contribution is 6.38. The third-order valence-electron chi connectivity index (χ3n) is 6.37. The highest BCUT2D eigenvalue weighted by Crippen LogP contribution is 2.27. The number of carbonyl (C=O) groups is 2. The molecule has 1 aromatic rings. The number of nitrogens with zero attached hydrogens (tertiary/aromatic N) is 2. The minimum atomic E-state index is -0.756. The maximum absolute atomic E-state index is 12.8. The number of hydrogen-bond acceptors (Lipinski definition) is 4. The van der Waals surface area contributed by atoms with E-state index in [2.05, 4.69) is 4.90 Å². The molecule has 2 aliphatic rings. The summed E-state index contributed by atoms with van der Waals surface area (Å²) >= 11 is 0. The summed E-state index contributed by atoms with van der Waals surface area (Å²) in [6, 6.07) is 9.59. The fourth-order valence-electron chi connectivity index (χ4n) is 4.82. The lowest BCUT2D eigenvalue weighted by Crippen LogP contribution is -2.50. The van der Waals surface area contributed by atoms with Crippen molar-refractivity contribution < 1.29 is 14.3 Å². The van der Waals surface area contributed by atoms with Crippen LogP contribution in [-0.4, -0.2) is 49.1 Å². The Balaban J connectivity index is 1.60. The number of piperidine rings is 1. The van der Waals surface area contributed by atoms with Gasteiger partial charge in [-0.05, 0) is 50.7 Å². The summed E-state index contributed by atoms with van der Waals surface area (Å²) in [5, 5.41) is 0. The number of anilines is 1. The first-order valence-corrected chi connectivity index (χ1v) is 11.5. The first kappa shape index (κ1) is 21.8. The van der Waals surface area contributed by atoms with Crippen molar-refractivity contribution in [2.75, 3.05) is 31.1 Å². The topological polar surface area (TPSA) is 49.9 Å². The van der Waals surface area contributed by atoms with Gasteiger partial charge < -0.3 is 9.64 Å². The van der Waals surface area contributed by atoms with Crippen LogP contribution >= 0.6 is 0 Å². The number of likely N-dealkylation sites (tertiary alicyclic amines) is 1. The highest BCUT2D eigenvalue weighted by atomic mass is 16.5. The number of ether oxygens (including phenoxy) is 1. The molecule has 0 aromatic heterocycles. The Hall–Kier alpha value is -1.88. The van der Waals surface area contributed by atoms with Gasteiger partial charge in [-0.2, -0.15) is 0 Å². The predicted molar refractivity (Wildman–Crippen MR) is 116 cm³/mol. The molecule has 1 aromatic carbocycles. The number of benzene rings is 1. The predicted octanol–water partition coefficient (Wildman–Crippen LogP) is 4.41. The van der Waals surface area contributed by atoms with Crippen LogP contribution in [0.4, 0.5) is 5.69 Å². The molecule has 1 aliphatic heterocycles. The van der Waals surface area contributed by atoms with E-state index < -0.39 is 11.9 Å². The van der Waals surface area contributed by atoms with Crippen LogP contribution in [0.2, 0.25) is 0 Å². The molecule has 5 heteroatoms. The number of hydrogen-bond donors (Lipinski definition) is 0. The van der Waals surface area contributed by atoms with Crippen LogP contribution in [0.25, 0.3) is 0 Å². The average molecular weight is 401 g/mol. The van der Waals surface area contributed by atoms with E-state index in [1.165, 1.54) is 51.5 Å². The molecule has 3 rings (SSSR count). The Morgan fingerprint density at radius 1 is 0.966 bits per heavy atom. The third kappa shape index (κ3) is 6.30. The lowest BCUT2D eigenvalue weighted by Gasteiger charge is -2.39. The van der Waals surface area contributed by atoms with Crippen molar-refractivity contribution in [1.82, 2.24) is 4.90 Å². The number of rotatable bonds is 5. The van der Waals surface area contributed by atoms with Gasteiger partial charge in [0.1, 0.15) is 0 Å². The van der Waals surface area contributed by atoms with E-state index in [9.17, 15) is 9.59 Å². The number of amides is 1. The lowest BCUT2D eigenvalue weighted by molar-refractivity contribution is -0.153. The summed E-state index contributed by atoms with van der Waals surface area (Å²) in [6.45, 7) is 5.10. The zero-order chi connectivity index (χ0) is 20.5. The largest absolute Gasteiger partial charge is 0.459 e. The summed E-state index contributed by atoms with van der Waals surface area (Å²) in [5.74, 6) is -0.483. The van der Waals surface area contributed by atoms with Crippen LogP contribution in [0.1, 0.15) is 64.7 Å². The molecule has 0 radical (unpaired) electrons. The first-order valence-electron chi connectivity index (χ1n) is 11.5. The molecule has 1 saturated heterocycles. The molecule has 1 saturated carbocycles. The van der Waals surface area contributed by atoms with Gasteiger partial charge in [-0.3, -0.25) is 9.69 Å². The molecule has 0 bridgehead atoms. The molecule has 160 valence electrons. The Labute approximate surface area is 175 Å².